The summed E-state index contributed by atoms with van der Waals surface area (Å²) in [6.07, 6.45) is 19.4. The number of H-pyrrole nitrogens is 2. The SMILES string of the molecule is C\C=C/N=C\C=C\c1cc(C(=O)NC2CCCC(c3nc4c([nH]3)CCC=C4)C2)n[nH]1. The minimum atomic E-state index is -0.138. The smallest absolute Gasteiger partial charge is 0.272 e. The first-order valence-corrected chi connectivity index (χ1v) is 10.7. The predicted octanol–water partition coefficient (Wildman–Crippen LogP) is 4.17. The zero-order valence-corrected chi connectivity index (χ0v) is 17.3. The maximum atomic E-state index is 12.7. The lowest BCUT2D eigenvalue weighted by atomic mass is 9.85. The monoisotopic (exact) mass is 404 g/mol. The molecule has 7 nitrogen and oxygen atoms in total. The van der Waals surface area contributed by atoms with Crippen LogP contribution in [-0.4, -0.2) is 38.3 Å². The number of rotatable bonds is 6. The molecule has 0 bridgehead atoms. The molecule has 2 aromatic heterocycles. The van der Waals surface area contributed by atoms with E-state index in [-0.39, 0.29) is 11.9 Å². The van der Waals surface area contributed by atoms with Crippen molar-refractivity contribution in [3.8, 4) is 0 Å². The number of nitrogens with one attached hydrogen (secondary N) is 3. The van der Waals surface area contributed by atoms with Crippen LogP contribution in [0.5, 0.6) is 0 Å². The number of imidazole rings is 1. The lowest BCUT2D eigenvalue weighted by Crippen LogP contribution is -2.38. The van der Waals surface area contributed by atoms with Gasteiger partial charge in [0.15, 0.2) is 5.69 Å². The number of amides is 1. The number of aliphatic imine (C=N–C) groups is 1. The van der Waals surface area contributed by atoms with E-state index in [2.05, 4.69) is 37.6 Å². The number of allylic oxidation sites excluding steroid dienone is 3. The van der Waals surface area contributed by atoms with E-state index in [1.54, 1.807) is 24.6 Å². The molecule has 0 saturated heterocycles. The van der Waals surface area contributed by atoms with Crippen molar-refractivity contribution < 1.29 is 4.79 Å². The maximum Gasteiger partial charge on any atom is 0.272 e. The maximum absolute atomic E-state index is 12.7. The van der Waals surface area contributed by atoms with Crippen molar-refractivity contribution in [1.29, 1.82) is 0 Å². The molecule has 2 atom stereocenters. The molecule has 0 radical (unpaired) electrons. The molecule has 7 heteroatoms. The van der Waals surface area contributed by atoms with Gasteiger partial charge in [-0.3, -0.25) is 14.9 Å². The van der Waals surface area contributed by atoms with Crippen molar-refractivity contribution in [3.63, 3.8) is 0 Å². The molecule has 0 aromatic carbocycles. The minimum Gasteiger partial charge on any atom is -0.348 e. The van der Waals surface area contributed by atoms with E-state index in [9.17, 15) is 4.79 Å². The number of carbonyl (C=O) groups excluding carboxylic acids is 1. The second kappa shape index (κ2) is 9.52. The van der Waals surface area contributed by atoms with Crippen molar-refractivity contribution in [1.82, 2.24) is 25.5 Å². The van der Waals surface area contributed by atoms with Gasteiger partial charge in [-0.15, -0.1) is 0 Å². The average molecular weight is 405 g/mol. The topological polar surface area (TPSA) is 98.8 Å². The Kier molecular flexibility index (Phi) is 6.37. The van der Waals surface area contributed by atoms with Crippen LogP contribution >= 0.6 is 0 Å². The van der Waals surface area contributed by atoms with Gasteiger partial charge in [-0.25, -0.2) is 4.98 Å². The zero-order valence-electron chi connectivity index (χ0n) is 17.3. The number of nitrogens with zero attached hydrogens (tertiary/aromatic N) is 3. The molecule has 3 N–H and O–H groups in total. The molecular formula is C23H28N6O. The third kappa shape index (κ3) is 4.84. The van der Waals surface area contributed by atoms with Gasteiger partial charge in [-0.2, -0.15) is 5.10 Å². The van der Waals surface area contributed by atoms with Gasteiger partial charge < -0.3 is 10.3 Å². The second-order valence-electron chi connectivity index (χ2n) is 7.81. The number of hydrogen-bond acceptors (Lipinski definition) is 4. The summed E-state index contributed by atoms with van der Waals surface area (Å²) >= 11 is 0. The van der Waals surface area contributed by atoms with Crippen LogP contribution in [0.2, 0.25) is 0 Å². The molecule has 0 spiro atoms. The Morgan fingerprint density at radius 3 is 3.17 bits per heavy atom. The van der Waals surface area contributed by atoms with Gasteiger partial charge in [0.2, 0.25) is 0 Å². The summed E-state index contributed by atoms with van der Waals surface area (Å²) in [5.41, 5.74) is 3.49. The molecule has 2 unspecified atom stereocenters. The summed E-state index contributed by atoms with van der Waals surface area (Å²) in [7, 11) is 0. The Labute approximate surface area is 176 Å². The highest BCUT2D eigenvalue weighted by Crippen LogP contribution is 2.33. The number of hydrogen-bond donors (Lipinski definition) is 3. The number of aromatic amines is 2. The van der Waals surface area contributed by atoms with Crippen LogP contribution in [0.1, 0.15) is 78.3 Å². The largest absolute Gasteiger partial charge is 0.348 e. The predicted molar refractivity (Wildman–Crippen MR) is 119 cm³/mol. The fourth-order valence-corrected chi connectivity index (χ4v) is 4.09. The highest BCUT2D eigenvalue weighted by Gasteiger charge is 2.28. The van der Waals surface area contributed by atoms with E-state index in [1.165, 1.54) is 5.69 Å². The van der Waals surface area contributed by atoms with Crippen LogP contribution in [0.4, 0.5) is 0 Å². The first-order valence-electron chi connectivity index (χ1n) is 10.7. The van der Waals surface area contributed by atoms with Crippen molar-refractivity contribution in [2.45, 2.75) is 57.4 Å². The van der Waals surface area contributed by atoms with Crippen LogP contribution in [0.3, 0.4) is 0 Å². The highest BCUT2D eigenvalue weighted by molar-refractivity contribution is 5.93. The summed E-state index contributed by atoms with van der Waals surface area (Å²) in [4.78, 5) is 25.0. The fourth-order valence-electron chi connectivity index (χ4n) is 4.09. The molecule has 2 aromatic rings. The molecule has 2 aliphatic rings. The molecule has 156 valence electrons. The van der Waals surface area contributed by atoms with Gasteiger partial charge in [-0.1, -0.05) is 18.6 Å². The number of fused-ring (bicyclic) bond motifs is 1. The molecule has 2 heterocycles. The Hall–Kier alpha value is -3.22. The van der Waals surface area contributed by atoms with E-state index in [0.29, 0.717) is 11.6 Å². The standard InChI is InChI=1S/C23H28N6O/c1-2-12-24-13-6-9-18-15-21(29-28-18)23(30)25-17-8-5-7-16(14-17)22-26-19-10-3-4-11-20(19)27-22/h2-3,6,9-10,12-13,15-17H,4-5,7-8,11,14H2,1H3,(H,25,30)(H,26,27)(H,28,29)/b9-6+,12-2-,24-13-. The van der Waals surface area contributed by atoms with E-state index < -0.39 is 0 Å². The van der Waals surface area contributed by atoms with Crippen molar-refractivity contribution in [2.24, 2.45) is 4.99 Å². The minimum absolute atomic E-state index is 0.137. The summed E-state index contributed by atoms with van der Waals surface area (Å²) in [5, 5.41) is 10.2. The summed E-state index contributed by atoms with van der Waals surface area (Å²) in [6, 6.07) is 1.89. The number of aryl methyl sites for hydroxylation is 1. The molecular weight excluding hydrogens is 376 g/mol. The van der Waals surface area contributed by atoms with Gasteiger partial charge >= 0.3 is 0 Å². The lowest BCUT2D eigenvalue weighted by molar-refractivity contribution is 0.0919. The zero-order chi connectivity index (χ0) is 20.8. The van der Waals surface area contributed by atoms with Crippen LogP contribution in [0.15, 0.2) is 35.5 Å². The molecule has 1 amide bonds. The van der Waals surface area contributed by atoms with Crippen LogP contribution in [0.25, 0.3) is 12.2 Å². The first kappa shape index (κ1) is 20.1. The Bertz CT molecular complexity index is 993. The average Bonchev–Trinajstić information content (AvgIpc) is 3.41. The fraction of sp³-hybridized carbons (Fsp3) is 0.391. The highest BCUT2D eigenvalue weighted by atomic mass is 16.2. The van der Waals surface area contributed by atoms with Gasteiger partial charge in [0.1, 0.15) is 5.82 Å². The Morgan fingerprint density at radius 2 is 2.30 bits per heavy atom. The van der Waals surface area contributed by atoms with Gasteiger partial charge in [-0.05, 0) is 63.3 Å². The Morgan fingerprint density at radius 1 is 1.37 bits per heavy atom. The quantitative estimate of drug-likeness (QED) is 0.630. The molecule has 4 rings (SSSR count). The van der Waals surface area contributed by atoms with Crippen molar-refractivity contribution in [3.05, 3.63) is 59.1 Å². The van der Waals surface area contributed by atoms with Crippen LogP contribution in [-0.2, 0) is 6.42 Å². The summed E-state index contributed by atoms with van der Waals surface area (Å²) in [6.45, 7) is 1.91. The van der Waals surface area contributed by atoms with E-state index >= 15 is 0 Å². The van der Waals surface area contributed by atoms with E-state index in [1.807, 2.05) is 19.1 Å². The normalized spacial score (nSPS) is 21.6. The van der Waals surface area contributed by atoms with Crippen LogP contribution < -0.4 is 5.32 Å². The molecule has 1 fully saturated rings. The summed E-state index contributed by atoms with van der Waals surface area (Å²) < 4.78 is 0. The Balaban J connectivity index is 1.34. The molecule has 2 aliphatic carbocycles. The third-order valence-electron chi connectivity index (χ3n) is 5.58. The molecule has 0 aliphatic heterocycles. The van der Waals surface area contributed by atoms with Gasteiger partial charge in [0.05, 0.1) is 11.4 Å². The molecule has 1 saturated carbocycles. The summed E-state index contributed by atoms with van der Waals surface area (Å²) in [5.74, 6) is 1.29. The lowest BCUT2D eigenvalue weighted by Gasteiger charge is -2.28. The van der Waals surface area contributed by atoms with Crippen LogP contribution in [0, 0.1) is 0 Å². The van der Waals surface area contributed by atoms with E-state index in [4.69, 9.17) is 4.98 Å². The van der Waals surface area contributed by atoms with Gasteiger partial charge in [0, 0.05) is 30.1 Å². The van der Waals surface area contributed by atoms with Crippen molar-refractivity contribution in [2.75, 3.05) is 0 Å². The van der Waals surface area contributed by atoms with Crippen molar-refractivity contribution >= 4 is 24.3 Å². The first-order chi connectivity index (χ1) is 14.7. The third-order valence-corrected chi connectivity index (χ3v) is 5.58. The molecule has 30 heavy (non-hydrogen) atoms. The van der Waals surface area contributed by atoms with E-state index in [0.717, 1.165) is 55.7 Å². The number of aromatic nitrogens is 4. The second-order valence-corrected chi connectivity index (χ2v) is 7.81. The number of carbonyl (C=O) groups is 1. The van der Waals surface area contributed by atoms with Gasteiger partial charge in [0.25, 0.3) is 5.91 Å².